The molecule has 3 aromatic carbocycles. The number of pyridine rings is 2. The van der Waals surface area contributed by atoms with Crippen LogP contribution in [0.3, 0.4) is 0 Å². The summed E-state index contributed by atoms with van der Waals surface area (Å²) in [6.45, 7) is 16.4. The molecule has 48 heavy (non-hydrogen) atoms. The Morgan fingerprint density at radius 3 is 2.10 bits per heavy atom. The zero-order valence-electron chi connectivity index (χ0n) is 29.5. The normalized spacial score (nSPS) is 19.8. The summed E-state index contributed by atoms with van der Waals surface area (Å²) in [6, 6.07) is 33.0. The molecule has 0 bridgehead atoms. The average molecular weight is 647 g/mol. The first-order valence-electron chi connectivity index (χ1n) is 18.2. The third kappa shape index (κ3) is 5.13. The Hall–Kier alpha value is -4.08. The van der Waals surface area contributed by atoms with E-state index in [1.54, 1.807) is 10.8 Å². The Morgan fingerprint density at radius 1 is 0.771 bits per heavy atom. The van der Waals surface area contributed by atoms with Gasteiger partial charge < -0.3 is 0 Å². The lowest BCUT2D eigenvalue weighted by atomic mass is 9.75. The third-order valence-electron chi connectivity index (χ3n) is 11.7. The van der Waals surface area contributed by atoms with Gasteiger partial charge in [-0.05, 0) is 71.7 Å². The molecule has 3 atom stereocenters. The number of aromatic nitrogens is 2. The van der Waals surface area contributed by atoms with Gasteiger partial charge in [0.05, 0.1) is 19.2 Å². The molecule has 2 aliphatic heterocycles. The lowest BCUT2D eigenvalue weighted by Gasteiger charge is -2.33. The predicted octanol–water partition coefficient (Wildman–Crippen LogP) is 9.97. The van der Waals surface area contributed by atoms with Crippen molar-refractivity contribution in [2.75, 3.05) is 0 Å². The maximum atomic E-state index is 4.34. The summed E-state index contributed by atoms with van der Waals surface area (Å²) in [6.07, 6.45) is 14.9. The second kappa shape index (κ2) is 12.1. The van der Waals surface area contributed by atoms with E-state index in [1.807, 2.05) is 0 Å². The molecule has 1 saturated carbocycles. The van der Waals surface area contributed by atoms with Crippen molar-refractivity contribution < 1.29 is 9.13 Å². The Bertz CT molecular complexity index is 2020. The molecule has 0 saturated heterocycles. The van der Waals surface area contributed by atoms with Crippen LogP contribution in [0.5, 0.6) is 0 Å². The summed E-state index contributed by atoms with van der Waals surface area (Å²) in [5.41, 5.74) is 15.3. The van der Waals surface area contributed by atoms with Crippen LogP contribution in [0.15, 0.2) is 110 Å². The molecule has 0 spiro atoms. The SMILES string of the molecule is C=CCC1C(C2c3ccccc3-c3cc(-c4c(C)cccc4C)cc[n+]32)c2ccccc2-c2cc(CC3CCCC3)c([Si](C)(C)C)c[n+]21. The van der Waals surface area contributed by atoms with Crippen molar-refractivity contribution in [2.24, 2.45) is 5.92 Å². The Morgan fingerprint density at radius 2 is 1.42 bits per heavy atom. The van der Waals surface area contributed by atoms with Gasteiger partial charge in [0, 0.05) is 35.4 Å². The highest BCUT2D eigenvalue weighted by Crippen LogP contribution is 2.50. The minimum atomic E-state index is -1.62. The van der Waals surface area contributed by atoms with E-state index in [2.05, 4.69) is 153 Å². The highest BCUT2D eigenvalue weighted by atomic mass is 28.3. The van der Waals surface area contributed by atoms with Gasteiger partial charge in [-0.2, -0.15) is 9.13 Å². The van der Waals surface area contributed by atoms with E-state index >= 15 is 0 Å². The summed E-state index contributed by atoms with van der Waals surface area (Å²) >= 11 is 0. The number of benzene rings is 3. The zero-order valence-corrected chi connectivity index (χ0v) is 30.5. The molecule has 0 amide bonds. The van der Waals surface area contributed by atoms with Crippen molar-refractivity contribution in [3.05, 3.63) is 138 Å². The smallest absolute Gasteiger partial charge is 0.194 e. The number of rotatable bonds is 7. The highest BCUT2D eigenvalue weighted by Gasteiger charge is 2.52. The lowest BCUT2D eigenvalue weighted by molar-refractivity contribution is -0.745. The van der Waals surface area contributed by atoms with E-state index in [0.29, 0.717) is 0 Å². The van der Waals surface area contributed by atoms with Crippen molar-refractivity contribution >= 4 is 13.3 Å². The largest absolute Gasteiger partial charge is 0.214 e. The Labute approximate surface area is 288 Å². The molecule has 242 valence electrons. The van der Waals surface area contributed by atoms with Gasteiger partial charge in [-0.25, -0.2) is 0 Å². The predicted molar refractivity (Wildman–Crippen MR) is 202 cm³/mol. The Kier molecular flexibility index (Phi) is 7.87. The topological polar surface area (TPSA) is 7.76 Å². The molecule has 3 aliphatic rings. The fourth-order valence-electron chi connectivity index (χ4n) is 9.58. The van der Waals surface area contributed by atoms with E-state index < -0.39 is 8.07 Å². The molecule has 5 aromatic rings. The van der Waals surface area contributed by atoms with E-state index in [4.69, 9.17) is 0 Å². The molecule has 3 heteroatoms. The summed E-state index contributed by atoms with van der Waals surface area (Å²) in [5.74, 6) is 1.08. The molecule has 2 nitrogen and oxygen atoms in total. The molecule has 8 rings (SSSR count). The van der Waals surface area contributed by atoms with Crippen molar-refractivity contribution in [1.82, 2.24) is 0 Å². The van der Waals surface area contributed by atoms with E-state index in [9.17, 15) is 0 Å². The quantitative estimate of drug-likeness (QED) is 0.0945. The van der Waals surface area contributed by atoms with Crippen LogP contribution in [-0.2, 0) is 6.42 Å². The van der Waals surface area contributed by atoms with Gasteiger partial charge in [0.15, 0.2) is 24.5 Å². The van der Waals surface area contributed by atoms with Gasteiger partial charge in [-0.1, -0.05) is 106 Å². The molecule has 1 fully saturated rings. The van der Waals surface area contributed by atoms with Crippen LogP contribution in [0.2, 0.25) is 19.6 Å². The minimum absolute atomic E-state index is 0.184. The maximum Gasteiger partial charge on any atom is 0.214 e. The molecule has 1 aliphatic carbocycles. The number of aryl methyl sites for hydroxylation is 2. The van der Waals surface area contributed by atoms with Gasteiger partial charge in [0.25, 0.3) is 0 Å². The maximum absolute atomic E-state index is 4.34. The second-order valence-electron chi connectivity index (χ2n) is 15.8. The first-order chi connectivity index (χ1) is 23.2. The summed E-state index contributed by atoms with van der Waals surface area (Å²) in [7, 11) is -1.62. The van der Waals surface area contributed by atoms with Crippen LogP contribution in [0.1, 0.15) is 77.9 Å². The molecule has 2 aromatic heterocycles. The number of nitrogens with zero attached hydrogens (tertiary/aromatic N) is 2. The van der Waals surface area contributed by atoms with Gasteiger partial charge in [-0.3, -0.25) is 0 Å². The lowest BCUT2D eigenvalue weighted by Crippen LogP contribution is -2.56. The number of allylic oxidation sites excluding steroid dienone is 1. The van der Waals surface area contributed by atoms with Crippen molar-refractivity contribution in [1.29, 1.82) is 0 Å². The van der Waals surface area contributed by atoms with E-state index in [-0.39, 0.29) is 18.0 Å². The van der Waals surface area contributed by atoms with E-state index in [0.717, 1.165) is 12.3 Å². The van der Waals surface area contributed by atoms with Crippen LogP contribution >= 0.6 is 0 Å². The third-order valence-corrected chi connectivity index (χ3v) is 13.8. The van der Waals surface area contributed by atoms with Crippen LogP contribution in [-0.4, -0.2) is 8.07 Å². The number of fused-ring (bicyclic) bond motifs is 6. The van der Waals surface area contributed by atoms with Crippen molar-refractivity contribution in [2.45, 2.75) is 90.0 Å². The summed E-state index contributed by atoms with van der Waals surface area (Å²) in [4.78, 5) is 0. The zero-order chi connectivity index (χ0) is 33.2. The van der Waals surface area contributed by atoms with Crippen LogP contribution in [0, 0.1) is 19.8 Å². The van der Waals surface area contributed by atoms with Gasteiger partial charge in [-0.15, -0.1) is 6.58 Å². The first kappa shape index (κ1) is 31.2. The van der Waals surface area contributed by atoms with Crippen molar-refractivity contribution in [3.63, 3.8) is 0 Å². The van der Waals surface area contributed by atoms with Crippen LogP contribution < -0.4 is 14.3 Å². The standard InChI is InChI=1S/C45H50N2Si/c1-7-15-39-44(45-38-23-13-11-21-36(38)40-27-33(24-25-46(40)45)43-30(2)16-14-17-31(43)3)37-22-12-10-20-35(37)41-28-34(26-32-18-8-9-19-32)42(29-47(39)41)48(4,5)6/h7,10-14,16-17,20-25,27-29,32,39,44-45H,1,8-9,15,18-19,26H2,2-6H3/q+2. The van der Waals surface area contributed by atoms with Gasteiger partial charge >= 0.3 is 0 Å². The molecule has 4 heterocycles. The van der Waals surface area contributed by atoms with Crippen LogP contribution in [0.4, 0.5) is 0 Å². The molecular weight excluding hydrogens is 597 g/mol. The van der Waals surface area contributed by atoms with Crippen molar-refractivity contribution in [3.8, 4) is 33.6 Å². The fourth-order valence-corrected chi connectivity index (χ4v) is 11.2. The van der Waals surface area contributed by atoms with Gasteiger partial charge in [0.2, 0.25) is 11.4 Å². The highest BCUT2D eigenvalue weighted by molar-refractivity contribution is 6.89. The first-order valence-corrected chi connectivity index (χ1v) is 21.7. The van der Waals surface area contributed by atoms with Gasteiger partial charge in [0.1, 0.15) is 5.92 Å². The molecule has 3 unspecified atom stereocenters. The molecule has 0 radical (unpaired) electrons. The summed E-state index contributed by atoms with van der Waals surface area (Å²) < 4.78 is 5.30. The number of hydrogen-bond acceptors (Lipinski definition) is 0. The molecule has 0 N–H and O–H groups in total. The van der Waals surface area contributed by atoms with E-state index in [1.165, 1.54) is 88.0 Å². The fraction of sp³-hybridized carbons (Fsp3) is 0.333. The average Bonchev–Trinajstić information content (AvgIpc) is 3.70. The monoisotopic (exact) mass is 646 g/mol. The number of hydrogen-bond donors (Lipinski definition) is 0. The molecular formula is C45H50N2Si+2. The Balaban J connectivity index is 1.33. The second-order valence-corrected chi connectivity index (χ2v) is 20.9. The van der Waals surface area contributed by atoms with Crippen LogP contribution in [0.25, 0.3) is 33.6 Å². The summed E-state index contributed by atoms with van der Waals surface area (Å²) in [5, 5.41) is 1.64. The minimum Gasteiger partial charge on any atom is -0.194 e.